The number of piperidine rings is 1. The van der Waals surface area contributed by atoms with Crippen molar-refractivity contribution in [2.24, 2.45) is 0 Å². The van der Waals surface area contributed by atoms with Gasteiger partial charge in [-0.3, -0.25) is 4.79 Å². The monoisotopic (exact) mass is 327 g/mol. The van der Waals surface area contributed by atoms with Crippen LogP contribution in [0.15, 0.2) is 24.3 Å². The predicted octanol–water partition coefficient (Wildman–Crippen LogP) is 2.38. The minimum absolute atomic E-state index is 0.0432. The Labute approximate surface area is 133 Å². The SMILES string of the molecule is COC(=O)C1CCCCN1C(=O)Cc1ccc(OC(F)F)cc1. The highest BCUT2D eigenvalue weighted by Crippen LogP contribution is 2.20. The number of methoxy groups -OCH3 is 1. The molecule has 2 rings (SSSR count). The molecule has 1 aliphatic heterocycles. The summed E-state index contributed by atoms with van der Waals surface area (Å²) in [4.78, 5) is 25.7. The van der Waals surface area contributed by atoms with E-state index in [1.807, 2.05) is 0 Å². The van der Waals surface area contributed by atoms with Crippen LogP contribution in [0, 0.1) is 0 Å². The summed E-state index contributed by atoms with van der Waals surface area (Å²) >= 11 is 0. The van der Waals surface area contributed by atoms with Gasteiger partial charge in [0.2, 0.25) is 5.91 Å². The van der Waals surface area contributed by atoms with Gasteiger partial charge in [-0.25, -0.2) is 4.79 Å². The lowest BCUT2D eigenvalue weighted by Crippen LogP contribution is -2.49. The van der Waals surface area contributed by atoms with Crippen molar-refractivity contribution in [1.82, 2.24) is 4.90 Å². The number of alkyl halides is 2. The van der Waals surface area contributed by atoms with Crippen molar-refractivity contribution >= 4 is 11.9 Å². The van der Waals surface area contributed by atoms with Gasteiger partial charge in [0.15, 0.2) is 0 Å². The smallest absolute Gasteiger partial charge is 0.387 e. The molecule has 0 saturated carbocycles. The third kappa shape index (κ3) is 4.64. The van der Waals surface area contributed by atoms with Crippen LogP contribution in [0.3, 0.4) is 0 Å². The lowest BCUT2D eigenvalue weighted by atomic mass is 10.0. The number of benzene rings is 1. The maximum absolute atomic E-state index is 12.4. The molecular formula is C16H19F2NO4. The summed E-state index contributed by atoms with van der Waals surface area (Å²) in [6, 6.07) is 5.37. The molecule has 1 saturated heterocycles. The quantitative estimate of drug-likeness (QED) is 0.779. The van der Waals surface area contributed by atoms with Gasteiger partial charge in [0.1, 0.15) is 11.8 Å². The van der Waals surface area contributed by atoms with E-state index in [0.717, 1.165) is 12.8 Å². The van der Waals surface area contributed by atoms with Gasteiger partial charge in [-0.1, -0.05) is 12.1 Å². The molecule has 126 valence electrons. The predicted molar refractivity (Wildman–Crippen MR) is 78.1 cm³/mol. The van der Waals surface area contributed by atoms with Crippen molar-refractivity contribution in [1.29, 1.82) is 0 Å². The highest BCUT2D eigenvalue weighted by Gasteiger charge is 2.32. The second kappa shape index (κ2) is 7.89. The third-order valence-corrected chi connectivity index (χ3v) is 3.80. The zero-order chi connectivity index (χ0) is 16.8. The lowest BCUT2D eigenvalue weighted by Gasteiger charge is -2.33. The van der Waals surface area contributed by atoms with Crippen LogP contribution in [0.4, 0.5) is 8.78 Å². The van der Waals surface area contributed by atoms with E-state index >= 15 is 0 Å². The van der Waals surface area contributed by atoms with Crippen molar-refractivity contribution in [3.8, 4) is 5.75 Å². The van der Waals surface area contributed by atoms with Crippen molar-refractivity contribution in [2.75, 3.05) is 13.7 Å². The van der Waals surface area contributed by atoms with Gasteiger partial charge in [-0.15, -0.1) is 0 Å². The molecule has 1 atom stereocenters. The fourth-order valence-corrected chi connectivity index (χ4v) is 2.68. The summed E-state index contributed by atoms with van der Waals surface area (Å²) < 4.78 is 33.2. The van der Waals surface area contributed by atoms with Gasteiger partial charge in [0, 0.05) is 6.54 Å². The van der Waals surface area contributed by atoms with Gasteiger partial charge < -0.3 is 14.4 Å². The second-order valence-corrected chi connectivity index (χ2v) is 5.32. The minimum Gasteiger partial charge on any atom is -0.467 e. The van der Waals surface area contributed by atoms with Crippen molar-refractivity contribution in [2.45, 2.75) is 38.3 Å². The van der Waals surface area contributed by atoms with Gasteiger partial charge in [0.05, 0.1) is 13.5 Å². The highest BCUT2D eigenvalue weighted by atomic mass is 19.3. The molecule has 7 heteroatoms. The van der Waals surface area contributed by atoms with Crippen LogP contribution in [-0.2, 0) is 20.7 Å². The molecule has 1 amide bonds. The molecule has 0 bridgehead atoms. The molecule has 1 heterocycles. The Kier molecular flexibility index (Phi) is 5.90. The summed E-state index contributed by atoms with van der Waals surface area (Å²) in [5, 5.41) is 0. The molecule has 5 nitrogen and oxygen atoms in total. The normalized spacial score (nSPS) is 17.9. The molecule has 1 aliphatic rings. The molecule has 1 aromatic rings. The summed E-state index contributed by atoms with van der Waals surface area (Å²) in [5.74, 6) is -0.539. The highest BCUT2D eigenvalue weighted by molar-refractivity contribution is 5.86. The first kappa shape index (κ1) is 17.2. The molecule has 1 aromatic carbocycles. The van der Waals surface area contributed by atoms with Crippen LogP contribution in [-0.4, -0.2) is 43.1 Å². The number of amides is 1. The van der Waals surface area contributed by atoms with E-state index in [9.17, 15) is 18.4 Å². The standard InChI is InChI=1S/C16H19F2NO4/c1-22-15(21)13-4-2-3-9-19(13)14(20)10-11-5-7-12(8-6-11)23-16(17)18/h5-8,13,16H,2-4,9-10H2,1H3. The van der Waals surface area contributed by atoms with Crippen molar-refractivity contribution in [3.05, 3.63) is 29.8 Å². The second-order valence-electron chi connectivity index (χ2n) is 5.32. The maximum atomic E-state index is 12.4. The minimum atomic E-state index is -2.88. The molecule has 23 heavy (non-hydrogen) atoms. The van der Waals surface area contributed by atoms with E-state index < -0.39 is 18.6 Å². The number of nitrogens with zero attached hydrogens (tertiary/aromatic N) is 1. The maximum Gasteiger partial charge on any atom is 0.387 e. The number of carbonyl (C=O) groups excluding carboxylic acids is 2. The number of esters is 1. The molecule has 0 N–H and O–H groups in total. The number of hydrogen-bond donors (Lipinski definition) is 0. The first-order valence-electron chi connectivity index (χ1n) is 7.42. The summed E-state index contributed by atoms with van der Waals surface area (Å²) in [7, 11) is 1.31. The van der Waals surface area contributed by atoms with Crippen molar-refractivity contribution in [3.63, 3.8) is 0 Å². The van der Waals surface area contributed by atoms with Crippen LogP contribution in [0.2, 0.25) is 0 Å². The Morgan fingerprint density at radius 1 is 1.26 bits per heavy atom. The van der Waals surface area contributed by atoms with E-state index in [-0.39, 0.29) is 18.1 Å². The van der Waals surface area contributed by atoms with Gasteiger partial charge in [-0.05, 0) is 37.0 Å². The Balaban J connectivity index is 2.00. The van der Waals surface area contributed by atoms with Crippen LogP contribution in [0.1, 0.15) is 24.8 Å². The van der Waals surface area contributed by atoms with E-state index in [2.05, 4.69) is 4.74 Å². The largest absolute Gasteiger partial charge is 0.467 e. The Morgan fingerprint density at radius 3 is 2.57 bits per heavy atom. The fraction of sp³-hybridized carbons (Fsp3) is 0.500. The van der Waals surface area contributed by atoms with Crippen LogP contribution < -0.4 is 4.74 Å². The third-order valence-electron chi connectivity index (χ3n) is 3.80. The average molecular weight is 327 g/mol. The fourth-order valence-electron chi connectivity index (χ4n) is 2.68. The first-order valence-corrected chi connectivity index (χ1v) is 7.42. The summed E-state index contributed by atoms with van der Waals surface area (Å²) in [5.41, 5.74) is 0.672. The molecule has 1 fully saturated rings. The van der Waals surface area contributed by atoms with E-state index in [4.69, 9.17) is 4.74 Å². The van der Waals surface area contributed by atoms with E-state index in [1.165, 1.54) is 19.2 Å². The van der Waals surface area contributed by atoms with Crippen molar-refractivity contribution < 1.29 is 27.8 Å². The van der Waals surface area contributed by atoms with E-state index in [0.29, 0.717) is 18.5 Å². The molecule has 1 unspecified atom stereocenters. The van der Waals surface area contributed by atoms with E-state index in [1.54, 1.807) is 17.0 Å². The van der Waals surface area contributed by atoms with Gasteiger partial charge in [0.25, 0.3) is 0 Å². The molecule has 0 radical (unpaired) electrons. The number of halogens is 2. The van der Waals surface area contributed by atoms with Crippen LogP contribution >= 0.6 is 0 Å². The number of carbonyl (C=O) groups is 2. The van der Waals surface area contributed by atoms with Crippen LogP contribution in [0.25, 0.3) is 0 Å². The summed E-state index contributed by atoms with van der Waals surface area (Å²) in [6.45, 7) is -2.36. The Hall–Kier alpha value is -2.18. The summed E-state index contributed by atoms with van der Waals surface area (Å²) in [6.07, 6.45) is 2.42. The average Bonchev–Trinajstić information content (AvgIpc) is 2.55. The topological polar surface area (TPSA) is 55.8 Å². The molecule has 0 aliphatic carbocycles. The number of rotatable bonds is 5. The Bertz CT molecular complexity index is 548. The number of likely N-dealkylation sites (tertiary alicyclic amines) is 1. The molecule has 0 aromatic heterocycles. The van der Waals surface area contributed by atoms with Gasteiger partial charge >= 0.3 is 12.6 Å². The number of hydrogen-bond acceptors (Lipinski definition) is 4. The van der Waals surface area contributed by atoms with Crippen LogP contribution in [0.5, 0.6) is 5.75 Å². The van der Waals surface area contributed by atoms with Gasteiger partial charge in [-0.2, -0.15) is 8.78 Å². The molecule has 0 spiro atoms. The number of ether oxygens (including phenoxy) is 2. The zero-order valence-corrected chi connectivity index (χ0v) is 12.8. The molecular weight excluding hydrogens is 308 g/mol. The lowest BCUT2D eigenvalue weighted by molar-refractivity contribution is -0.154. The Morgan fingerprint density at radius 2 is 1.96 bits per heavy atom. The zero-order valence-electron chi connectivity index (χ0n) is 12.8. The first-order chi connectivity index (χ1) is 11.0.